The minimum Gasteiger partial charge on any atom is -0.394 e. The third-order valence-electron chi connectivity index (χ3n) is 8.63. The number of likely N-dealkylation sites (tertiary alicyclic amines) is 1. The van der Waals surface area contributed by atoms with Gasteiger partial charge in [0, 0.05) is 42.1 Å². The molecule has 1 aliphatic heterocycles. The number of benzene rings is 2. The quantitative estimate of drug-likeness (QED) is 0.171. The number of hydrogen-bond donors (Lipinski definition) is 5. The predicted molar refractivity (Wildman–Crippen MR) is 179 cm³/mol. The number of aliphatic hydroxyl groups excluding tert-OH is 1. The summed E-state index contributed by atoms with van der Waals surface area (Å²) in [6.45, 7) is 8.67. The molecule has 1 fully saturated rings. The molecular weight excluding hydrogens is 566 g/mol. The van der Waals surface area contributed by atoms with Crippen molar-refractivity contribution in [3.63, 3.8) is 0 Å². The molecule has 0 saturated carbocycles. The minimum atomic E-state index is -0.860. The molecule has 2 aromatic carbocycles. The van der Waals surface area contributed by atoms with Crippen LogP contribution in [0.4, 0.5) is 0 Å². The molecule has 9 heteroatoms. The standard InChI is InChI=1S/C36H51N5O4/c1-5-6-8-17-30(38-34(44)32(24-42)40-36(2,3)4)33(43)39-31(22-27-23-37-29-16-12-11-15-28(27)29)35(45)41-20-18-26(19-21-41)25-13-9-7-10-14-25/h7,9-16,23,26,30-32,37,40,42H,5-6,8,17-22,24H2,1-4H3,(H,38,44)(H,39,43)/t30-,31+,32-/m1/s1. The van der Waals surface area contributed by atoms with Gasteiger partial charge in [-0.05, 0) is 63.1 Å². The lowest BCUT2D eigenvalue weighted by atomic mass is 9.89. The summed E-state index contributed by atoms with van der Waals surface area (Å²) in [6.07, 6.45) is 7.03. The van der Waals surface area contributed by atoms with Crippen molar-refractivity contribution in [3.05, 3.63) is 71.9 Å². The molecule has 0 unspecified atom stereocenters. The average molecular weight is 618 g/mol. The molecule has 3 aromatic rings. The van der Waals surface area contributed by atoms with Gasteiger partial charge in [-0.1, -0.05) is 74.7 Å². The molecular formula is C36H51N5O4. The Labute approximate surface area is 267 Å². The van der Waals surface area contributed by atoms with Gasteiger partial charge in [0.2, 0.25) is 17.7 Å². The maximum Gasteiger partial charge on any atom is 0.245 e. The molecule has 2 heterocycles. The minimum absolute atomic E-state index is 0.110. The average Bonchev–Trinajstić information content (AvgIpc) is 3.45. The summed E-state index contributed by atoms with van der Waals surface area (Å²) < 4.78 is 0. The molecule has 5 N–H and O–H groups in total. The fourth-order valence-corrected chi connectivity index (χ4v) is 6.23. The number of para-hydroxylation sites is 1. The second-order valence-corrected chi connectivity index (χ2v) is 13.3. The van der Waals surface area contributed by atoms with E-state index in [1.54, 1.807) is 0 Å². The SMILES string of the molecule is CCCCC[C@@H](NC(=O)[C@@H](CO)NC(C)(C)C)C(=O)N[C@@H](Cc1c[nH]c2ccccc12)C(=O)N1CCC(c2ccccc2)CC1. The lowest BCUT2D eigenvalue weighted by molar-refractivity contribution is -0.138. The molecule has 3 amide bonds. The van der Waals surface area contributed by atoms with Crippen LogP contribution in [0.15, 0.2) is 60.8 Å². The summed E-state index contributed by atoms with van der Waals surface area (Å²) in [7, 11) is 0. The molecule has 0 radical (unpaired) electrons. The number of aromatic amines is 1. The Kier molecular flexibility index (Phi) is 12.2. The number of amides is 3. The van der Waals surface area contributed by atoms with Crippen LogP contribution in [0.25, 0.3) is 10.9 Å². The van der Waals surface area contributed by atoms with E-state index in [0.29, 0.717) is 31.8 Å². The van der Waals surface area contributed by atoms with E-state index in [9.17, 15) is 19.5 Å². The van der Waals surface area contributed by atoms with Gasteiger partial charge in [-0.15, -0.1) is 0 Å². The summed E-state index contributed by atoms with van der Waals surface area (Å²) in [4.78, 5) is 46.4. The number of carbonyl (C=O) groups is 3. The first-order valence-electron chi connectivity index (χ1n) is 16.5. The maximum absolute atomic E-state index is 14.1. The summed E-state index contributed by atoms with van der Waals surface area (Å²) >= 11 is 0. The van der Waals surface area contributed by atoms with Crippen LogP contribution in [-0.2, 0) is 20.8 Å². The van der Waals surface area contributed by atoms with Crippen molar-refractivity contribution < 1.29 is 19.5 Å². The number of fused-ring (bicyclic) bond motifs is 1. The lowest BCUT2D eigenvalue weighted by Gasteiger charge is -2.35. The van der Waals surface area contributed by atoms with Crippen molar-refractivity contribution in [2.75, 3.05) is 19.7 Å². The van der Waals surface area contributed by atoms with E-state index < -0.39 is 36.2 Å². The Bertz CT molecular complexity index is 1390. The lowest BCUT2D eigenvalue weighted by Crippen LogP contribution is -2.59. The van der Waals surface area contributed by atoms with Crippen LogP contribution in [0, 0.1) is 0 Å². The Hall–Kier alpha value is -3.69. The van der Waals surface area contributed by atoms with Crippen LogP contribution in [0.5, 0.6) is 0 Å². The highest BCUT2D eigenvalue weighted by molar-refractivity contribution is 5.94. The normalized spacial score (nSPS) is 16.2. The third-order valence-corrected chi connectivity index (χ3v) is 8.63. The van der Waals surface area contributed by atoms with Crippen molar-refractivity contribution >= 4 is 28.6 Å². The molecule has 244 valence electrons. The van der Waals surface area contributed by atoms with E-state index in [1.165, 1.54) is 5.56 Å². The number of aliphatic hydroxyl groups is 1. The van der Waals surface area contributed by atoms with Crippen molar-refractivity contribution in [2.24, 2.45) is 0 Å². The Morgan fingerprint density at radius 1 is 0.911 bits per heavy atom. The molecule has 0 aliphatic carbocycles. The van der Waals surface area contributed by atoms with Gasteiger partial charge in [0.05, 0.1) is 6.61 Å². The zero-order valence-electron chi connectivity index (χ0n) is 27.3. The molecule has 0 bridgehead atoms. The number of piperidine rings is 1. The summed E-state index contributed by atoms with van der Waals surface area (Å²) in [5, 5.41) is 20.0. The van der Waals surface area contributed by atoms with Crippen LogP contribution in [0.2, 0.25) is 0 Å². The van der Waals surface area contributed by atoms with Gasteiger partial charge in [0.25, 0.3) is 0 Å². The summed E-state index contributed by atoms with van der Waals surface area (Å²) in [6, 6.07) is 15.9. The van der Waals surface area contributed by atoms with Crippen LogP contribution >= 0.6 is 0 Å². The smallest absolute Gasteiger partial charge is 0.245 e. The number of unbranched alkanes of at least 4 members (excludes halogenated alkanes) is 2. The number of rotatable bonds is 14. The number of aromatic nitrogens is 1. The van der Waals surface area contributed by atoms with Crippen LogP contribution < -0.4 is 16.0 Å². The van der Waals surface area contributed by atoms with Crippen LogP contribution in [-0.4, -0.2) is 76.1 Å². The number of H-pyrrole nitrogens is 1. The van der Waals surface area contributed by atoms with E-state index >= 15 is 0 Å². The van der Waals surface area contributed by atoms with E-state index in [-0.39, 0.29) is 11.8 Å². The third kappa shape index (κ3) is 9.65. The van der Waals surface area contributed by atoms with Crippen molar-refractivity contribution in [1.29, 1.82) is 0 Å². The molecule has 0 spiro atoms. The van der Waals surface area contributed by atoms with Crippen molar-refractivity contribution in [1.82, 2.24) is 25.8 Å². The molecule has 45 heavy (non-hydrogen) atoms. The predicted octanol–water partition coefficient (Wildman–Crippen LogP) is 4.42. The second kappa shape index (κ2) is 16.0. The van der Waals surface area contributed by atoms with E-state index in [0.717, 1.165) is 48.6 Å². The first-order valence-corrected chi connectivity index (χ1v) is 16.5. The number of nitrogens with one attached hydrogen (secondary N) is 4. The molecule has 4 rings (SSSR count). The van der Waals surface area contributed by atoms with Crippen molar-refractivity contribution in [3.8, 4) is 0 Å². The van der Waals surface area contributed by atoms with Gasteiger partial charge in [-0.2, -0.15) is 0 Å². The summed E-state index contributed by atoms with van der Waals surface area (Å²) in [5.41, 5.74) is 2.81. The van der Waals surface area contributed by atoms with Crippen LogP contribution in [0.1, 0.15) is 83.3 Å². The molecule has 1 aliphatic rings. The molecule has 9 nitrogen and oxygen atoms in total. The van der Waals surface area contributed by atoms with Gasteiger partial charge in [0.1, 0.15) is 18.1 Å². The fourth-order valence-electron chi connectivity index (χ4n) is 6.23. The monoisotopic (exact) mass is 617 g/mol. The van der Waals surface area contributed by atoms with Gasteiger partial charge in [-0.3, -0.25) is 19.7 Å². The molecule has 1 aromatic heterocycles. The Morgan fingerprint density at radius 3 is 2.22 bits per heavy atom. The van der Waals surface area contributed by atoms with E-state index in [2.05, 4.69) is 52.1 Å². The van der Waals surface area contributed by atoms with E-state index in [1.807, 2.05) is 62.2 Å². The largest absolute Gasteiger partial charge is 0.394 e. The number of carbonyl (C=O) groups excluding carboxylic acids is 3. The van der Waals surface area contributed by atoms with Gasteiger partial charge >= 0.3 is 0 Å². The maximum atomic E-state index is 14.1. The molecule has 3 atom stereocenters. The number of hydrogen-bond acceptors (Lipinski definition) is 5. The highest BCUT2D eigenvalue weighted by Crippen LogP contribution is 2.28. The Balaban J connectivity index is 1.53. The number of nitrogens with zero attached hydrogens (tertiary/aromatic N) is 1. The van der Waals surface area contributed by atoms with E-state index in [4.69, 9.17) is 0 Å². The highest BCUT2D eigenvalue weighted by atomic mass is 16.3. The van der Waals surface area contributed by atoms with Gasteiger partial charge < -0.3 is 25.6 Å². The van der Waals surface area contributed by atoms with Crippen molar-refractivity contribution in [2.45, 2.75) is 102 Å². The van der Waals surface area contributed by atoms with Gasteiger partial charge in [-0.25, -0.2) is 0 Å². The zero-order valence-corrected chi connectivity index (χ0v) is 27.3. The van der Waals surface area contributed by atoms with Crippen LogP contribution in [0.3, 0.4) is 0 Å². The summed E-state index contributed by atoms with van der Waals surface area (Å²) in [5.74, 6) is -0.534. The highest BCUT2D eigenvalue weighted by Gasteiger charge is 2.33. The first-order chi connectivity index (χ1) is 21.6. The Morgan fingerprint density at radius 2 is 1.56 bits per heavy atom. The first kappa shape index (κ1) is 34.2. The fraction of sp³-hybridized carbons (Fsp3) is 0.528. The molecule has 1 saturated heterocycles. The van der Waals surface area contributed by atoms with Gasteiger partial charge in [0.15, 0.2) is 0 Å². The zero-order chi connectivity index (χ0) is 32.4. The second-order valence-electron chi connectivity index (χ2n) is 13.3. The topological polar surface area (TPSA) is 127 Å².